The molecule has 2 aromatic carbocycles. The van der Waals surface area contributed by atoms with Gasteiger partial charge in [-0.3, -0.25) is 4.31 Å². The summed E-state index contributed by atoms with van der Waals surface area (Å²) >= 11 is 0. The normalized spacial score (nSPS) is 15.9. The average Bonchev–Trinajstić information content (AvgIpc) is 2.67. The number of rotatable bonds is 3. The molecule has 2 aliphatic rings. The van der Waals surface area contributed by atoms with Crippen molar-refractivity contribution in [2.75, 3.05) is 44.0 Å². The van der Waals surface area contributed by atoms with E-state index in [2.05, 4.69) is 10.2 Å². The summed E-state index contributed by atoms with van der Waals surface area (Å²) in [7, 11) is -0.109. The van der Waals surface area contributed by atoms with Crippen molar-refractivity contribution in [3.05, 3.63) is 53.7 Å². The Bertz CT molecular complexity index is 985. The van der Waals surface area contributed by atoms with Crippen molar-refractivity contribution in [1.82, 2.24) is 4.31 Å². The lowest BCUT2D eigenvalue weighted by Crippen LogP contribution is -2.32. The van der Waals surface area contributed by atoms with Crippen LogP contribution in [0.15, 0.2) is 53.1 Å². The summed E-state index contributed by atoms with van der Waals surface area (Å²) in [6.07, 6.45) is 1.91. The van der Waals surface area contributed by atoms with E-state index in [1.165, 1.54) is 4.31 Å². The predicted molar refractivity (Wildman–Crippen MR) is 103 cm³/mol. The summed E-state index contributed by atoms with van der Waals surface area (Å²) in [5, 5.41) is 3.27. The highest BCUT2D eigenvalue weighted by molar-refractivity contribution is 7.89. The first-order chi connectivity index (χ1) is 12.5. The number of fused-ring (bicyclic) bond motifs is 2. The van der Waals surface area contributed by atoms with Crippen LogP contribution in [0.25, 0.3) is 6.08 Å². The SMILES string of the molecule is CN1CCOc2cc(S(=O)(=O)N(C)C3=Cc4ccccc4NC3)ccc21. The zero-order chi connectivity index (χ0) is 18.3. The minimum atomic E-state index is -3.67. The number of ether oxygens (including phenoxy) is 1. The molecule has 136 valence electrons. The molecule has 0 aromatic heterocycles. The minimum absolute atomic E-state index is 0.230. The van der Waals surface area contributed by atoms with Gasteiger partial charge in [0, 0.05) is 31.5 Å². The standard InChI is InChI=1S/C19H21N3O3S/c1-21-9-10-25-19-12-16(7-8-18(19)21)26(23,24)22(2)15-11-14-5-3-4-6-17(14)20-13-15/h3-8,11-12,20H,9-10,13H2,1-2H3. The average molecular weight is 371 g/mol. The van der Waals surface area contributed by atoms with E-state index in [9.17, 15) is 8.42 Å². The summed E-state index contributed by atoms with van der Waals surface area (Å²) in [5.41, 5.74) is 3.59. The third kappa shape index (κ3) is 2.78. The first-order valence-corrected chi connectivity index (χ1v) is 9.91. The minimum Gasteiger partial charge on any atom is -0.490 e. The molecule has 0 fully saturated rings. The second-order valence-corrected chi connectivity index (χ2v) is 8.42. The van der Waals surface area contributed by atoms with Gasteiger partial charge in [0.05, 0.1) is 23.7 Å². The fraction of sp³-hybridized carbons (Fsp3) is 0.263. The summed E-state index contributed by atoms with van der Waals surface area (Å²) in [6.45, 7) is 1.79. The summed E-state index contributed by atoms with van der Waals surface area (Å²) in [4.78, 5) is 2.29. The molecule has 0 saturated heterocycles. The van der Waals surface area contributed by atoms with E-state index in [1.54, 1.807) is 25.2 Å². The maximum Gasteiger partial charge on any atom is 0.264 e. The Morgan fingerprint density at radius 2 is 2.00 bits per heavy atom. The Kier molecular flexibility index (Phi) is 4.03. The van der Waals surface area contributed by atoms with Crippen molar-refractivity contribution in [2.24, 2.45) is 0 Å². The van der Waals surface area contributed by atoms with Crippen LogP contribution in [0.3, 0.4) is 0 Å². The van der Waals surface area contributed by atoms with Crippen molar-refractivity contribution in [2.45, 2.75) is 4.90 Å². The van der Waals surface area contributed by atoms with Gasteiger partial charge < -0.3 is 15.0 Å². The van der Waals surface area contributed by atoms with Crippen LogP contribution in [0.4, 0.5) is 11.4 Å². The zero-order valence-corrected chi connectivity index (χ0v) is 15.6. The molecule has 0 unspecified atom stereocenters. The van der Waals surface area contributed by atoms with Crippen molar-refractivity contribution >= 4 is 27.5 Å². The third-order valence-corrected chi connectivity index (χ3v) is 6.64. The van der Waals surface area contributed by atoms with Gasteiger partial charge >= 0.3 is 0 Å². The molecule has 0 bridgehead atoms. The van der Waals surface area contributed by atoms with Gasteiger partial charge in [0.15, 0.2) is 0 Å². The molecule has 0 radical (unpaired) electrons. The van der Waals surface area contributed by atoms with Gasteiger partial charge in [-0.1, -0.05) is 18.2 Å². The maximum absolute atomic E-state index is 13.1. The first-order valence-electron chi connectivity index (χ1n) is 8.47. The lowest BCUT2D eigenvalue weighted by molar-refractivity contribution is 0.310. The quantitative estimate of drug-likeness (QED) is 0.899. The highest BCUT2D eigenvalue weighted by Gasteiger charge is 2.27. The van der Waals surface area contributed by atoms with Gasteiger partial charge in [-0.05, 0) is 29.8 Å². The number of para-hydroxylation sites is 1. The fourth-order valence-corrected chi connectivity index (χ4v) is 4.45. The molecule has 2 aromatic rings. The molecular weight excluding hydrogens is 350 g/mol. The molecule has 26 heavy (non-hydrogen) atoms. The Hall–Kier alpha value is -2.67. The number of anilines is 2. The second-order valence-electron chi connectivity index (χ2n) is 6.45. The number of benzene rings is 2. The van der Waals surface area contributed by atoms with Crippen molar-refractivity contribution < 1.29 is 13.2 Å². The molecule has 0 saturated carbocycles. The summed E-state index contributed by atoms with van der Waals surface area (Å²) < 4.78 is 33.2. The molecule has 2 aliphatic heterocycles. The zero-order valence-electron chi connectivity index (χ0n) is 14.8. The van der Waals surface area contributed by atoms with E-state index in [-0.39, 0.29) is 4.90 Å². The monoisotopic (exact) mass is 371 g/mol. The molecule has 1 N–H and O–H groups in total. The molecule has 7 heteroatoms. The van der Waals surface area contributed by atoms with Crippen molar-refractivity contribution in [1.29, 1.82) is 0 Å². The van der Waals surface area contributed by atoms with E-state index in [1.807, 2.05) is 37.4 Å². The number of hydrogen-bond donors (Lipinski definition) is 1. The Morgan fingerprint density at radius 1 is 1.19 bits per heavy atom. The van der Waals surface area contributed by atoms with Crippen molar-refractivity contribution in [3.8, 4) is 5.75 Å². The van der Waals surface area contributed by atoms with Crippen LogP contribution in [0.5, 0.6) is 5.75 Å². The number of likely N-dealkylation sites (N-methyl/N-ethyl adjacent to an activating group) is 2. The summed E-state index contributed by atoms with van der Waals surface area (Å²) in [5.74, 6) is 0.606. The molecule has 4 rings (SSSR count). The molecule has 6 nitrogen and oxygen atoms in total. The fourth-order valence-electron chi connectivity index (χ4n) is 3.21. The van der Waals surface area contributed by atoms with Crippen LogP contribution in [0, 0.1) is 0 Å². The van der Waals surface area contributed by atoms with Gasteiger partial charge in [0.25, 0.3) is 10.0 Å². The van der Waals surface area contributed by atoms with Crippen LogP contribution in [0.2, 0.25) is 0 Å². The Labute approximate surface area is 153 Å². The van der Waals surface area contributed by atoms with E-state index in [4.69, 9.17) is 4.74 Å². The molecule has 2 heterocycles. The van der Waals surface area contributed by atoms with Crippen LogP contribution >= 0.6 is 0 Å². The van der Waals surface area contributed by atoms with Crippen LogP contribution in [0.1, 0.15) is 5.56 Å². The maximum atomic E-state index is 13.1. The van der Waals surface area contributed by atoms with Gasteiger partial charge in [-0.2, -0.15) is 0 Å². The van der Waals surface area contributed by atoms with Crippen LogP contribution in [-0.2, 0) is 10.0 Å². The highest BCUT2D eigenvalue weighted by Crippen LogP contribution is 2.34. The molecule has 0 spiro atoms. The Morgan fingerprint density at radius 3 is 2.85 bits per heavy atom. The molecular formula is C19H21N3O3S. The molecule has 0 atom stereocenters. The largest absolute Gasteiger partial charge is 0.490 e. The Balaban J connectivity index is 1.68. The van der Waals surface area contributed by atoms with Gasteiger partial charge in [0.2, 0.25) is 0 Å². The number of nitrogens with one attached hydrogen (secondary N) is 1. The van der Waals surface area contributed by atoms with Gasteiger partial charge in [-0.25, -0.2) is 8.42 Å². The molecule has 0 aliphatic carbocycles. The first kappa shape index (κ1) is 16.8. The summed E-state index contributed by atoms with van der Waals surface area (Å²) in [6, 6.07) is 12.9. The lowest BCUT2D eigenvalue weighted by atomic mass is 10.1. The van der Waals surface area contributed by atoms with Gasteiger partial charge in [-0.15, -0.1) is 0 Å². The second kappa shape index (κ2) is 6.25. The van der Waals surface area contributed by atoms with Crippen molar-refractivity contribution in [3.63, 3.8) is 0 Å². The van der Waals surface area contributed by atoms with E-state index >= 15 is 0 Å². The van der Waals surface area contributed by atoms with E-state index < -0.39 is 10.0 Å². The number of hydrogen-bond acceptors (Lipinski definition) is 5. The third-order valence-electron chi connectivity index (χ3n) is 4.83. The lowest BCUT2D eigenvalue weighted by Gasteiger charge is -2.29. The topological polar surface area (TPSA) is 61.9 Å². The molecule has 0 amide bonds. The smallest absolute Gasteiger partial charge is 0.264 e. The number of nitrogens with zero attached hydrogens (tertiary/aromatic N) is 2. The predicted octanol–water partition coefficient (Wildman–Crippen LogP) is 2.60. The van der Waals surface area contributed by atoms with Crippen LogP contribution < -0.4 is 15.0 Å². The van der Waals surface area contributed by atoms with Gasteiger partial charge in [0.1, 0.15) is 12.4 Å². The van der Waals surface area contributed by atoms with E-state index in [0.717, 1.165) is 23.5 Å². The number of sulfonamides is 1. The van der Waals surface area contributed by atoms with E-state index in [0.29, 0.717) is 24.6 Å². The highest BCUT2D eigenvalue weighted by atomic mass is 32.2. The van der Waals surface area contributed by atoms with Crippen LogP contribution in [-0.4, -0.2) is 46.5 Å².